The zero-order chi connectivity index (χ0) is 12.8. The molecule has 0 aliphatic heterocycles. The van der Waals surface area contributed by atoms with Crippen molar-refractivity contribution in [3.8, 4) is 11.8 Å². The SMILES string of the molecule is CCOC(=O)CC#Cc1cc(C)c(N)cc1Cl. The van der Waals surface area contributed by atoms with Crippen LogP contribution in [0.1, 0.15) is 24.5 Å². The smallest absolute Gasteiger partial charge is 0.317 e. The Labute approximate surface area is 106 Å². The molecule has 0 aromatic heterocycles. The number of aryl methyl sites for hydroxylation is 1. The first-order chi connectivity index (χ1) is 8.04. The largest absolute Gasteiger partial charge is 0.465 e. The lowest BCUT2D eigenvalue weighted by Crippen LogP contribution is -2.01. The molecule has 0 fully saturated rings. The van der Waals surface area contributed by atoms with Crippen molar-refractivity contribution in [2.24, 2.45) is 0 Å². The highest BCUT2D eigenvalue weighted by Gasteiger charge is 2.02. The van der Waals surface area contributed by atoms with Gasteiger partial charge in [0.25, 0.3) is 0 Å². The van der Waals surface area contributed by atoms with E-state index in [0.29, 0.717) is 22.9 Å². The molecule has 0 radical (unpaired) electrons. The third-order valence-corrected chi connectivity index (χ3v) is 2.43. The number of hydrogen-bond donors (Lipinski definition) is 1. The number of ether oxygens (including phenoxy) is 1. The Morgan fingerprint density at radius 2 is 2.24 bits per heavy atom. The highest BCUT2D eigenvalue weighted by atomic mass is 35.5. The predicted octanol–water partition coefficient (Wildman–Crippen LogP) is 2.54. The summed E-state index contributed by atoms with van der Waals surface area (Å²) in [5, 5.41) is 0.490. The molecule has 0 heterocycles. The average Bonchev–Trinajstić information content (AvgIpc) is 2.26. The second kappa shape index (κ2) is 6.17. The molecule has 0 unspecified atom stereocenters. The Bertz CT molecular complexity index is 486. The Hall–Kier alpha value is -1.66. The molecule has 1 aromatic rings. The van der Waals surface area contributed by atoms with Crippen LogP contribution in [0.15, 0.2) is 12.1 Å². The molecule has 17 heavy (non-hydrogen) atoms. The number of hydrogen-bond acceptors (Lipinski definition) is 3. The Kier molecular flexibility index (Phi) is 4.86. The minimum atomic E-state index is -0.330. The van der Waals surface area contributed by atoms with Crippen LogP contribution in [-0.2, 0) is 9.53 Å². The van der Waals surface area contributed by atoms with Gasteiger partial charge in [-0.25, -0.2) is 0 Å². The fourth-order valence-corrected chi connectivity index (χ4v) is 1.44. The van der Waals surface area contributed by atoms with Crippen LogP contribution in [0.3, 0.4) is 0 Å². The van der Waals surface area contributed by atoms with E-state index < -0.39 is 0 Å². The van der Waals surface area contributed by atoms with E-state index in [1.165, 1.54) is 0 Å². The maximum Gasteiger partial charge on any atom is 0.317 e. The second-order valence-corrected chi connectivity index (χ2v) is 3.88. The van der Waals surface area contributed by atoms with Crippen molar-refractivity contribution in [1.29, 1.82) is 0 Å². The first kappa shape index (κ1) is 13.4. The van der Waals surface area contributed by atoms with Crippen molar-refractivity contribution in [3.05, 3.63) is 28.3 Å². The van der Waals surface area contributed by atoms with Crippen LogP contribution in [-0.4, -0.2) is 12.6 Å². The molecule has 0 amide bonds. The predicted molar refractivity (Wildman–Crippen MR) is 68.7 cm³/mol. The topological polar surface area (TPSA) is 52.3 Å². The zero-order valence-electron chi connectivity index (χ0n) is 9.84. The third kappa shape index (κ3) is 4.01. The summed E-state index contributed by atoms with van der Waals surface area (Å²) < 4.78 is 4.76. The molecule has 90 valence electrons. The summed E-state index contributed by atoms with van der Waals surface area (Å²) in [6.07, 6.45) is 0.0631. The Morgan fingerprint density at radius 3 is 2.88 bits per heavy atom. The number of nitrogen functional groups attached to an aromatic ring is 1. The quantitative estimate of drug-likeness (QED) is 0.499. The molecule has 1 rings (SSSR count). The van der Waals surface area contributed by atoms with Gasteiger partial charge in [0.05, 0.1) is 11.6 Å². The fourth-order valence-electron chi connectivity index (χ4n) is 1.22. The molecule has 0 saturated heterocycles. The van der Waals surface area contributed by atoms with Crippen LogP contribution in [0.2, 0.25) is 5.02 Å². The Morgan fingerprint density at radius 1 is 1.53 bits per heavy atom. The maximum absolute atomic E-state index is 11.1. The summed E-state index contributed by atoms with van der Waals surface area (Å²) in [4.78, 5) is 11.1. The second-order valence-electron chi connectivity index (χ2n) is 3.47. The van der Waals surface area contributed by atoms with Gasteiger partial charge in [0.1, 0.15) is 6.42 Å². The molecule has 1 aromatic carbocycles. The summed E-state index contributed by atoms with van der Waals surface area (Å²) in [5.41, 5.74) is 7.91. The maximum atomic E-state index is 11.1. The van der Waals surface area contributed by atoms with Crippen molar-refractivity contribution < 1.29 is 9.53 Å². The fraction of sp³-hybridized carbons (Fsp3) is 0.308. The van der Waals surface area contributed by atoms with Gasteiger partial charge in [0.2, 0.25) is 0 Å². The van der Waals surface area contributed by atoms with Gasteiger partial charge in [-0.05, 0) is 31.5 Å². The lowest BCUT2D eigenvalue weighted by Gasteiger charge is -2.02. The summed E-state index contributed by atoms with van der Waals surface area (Å²) in [6.45, 7) is 4.00. The minimum absolute atomic E-state index is 0.0631. The number of carbonyl (C=O) groups excluding carboxylic acids is 1. The van der Waals surface area contributed by atoms with Crippen LogP contribution < -0.4 is 5.73 Å². The first-order valence-electron chi connectivity index (χ1n) is 5.24. The highest BCUT2D eigenvalue weighted by Crippen LogP contribution is 2.21. The number of esters is 1. The molecule has 0 saturated carbocycles. The van der Waals surface area contributed by atoms with E-state index >= 15 is 0 Å². The van der Waals surface area contributed by atoms with E-state index in [-0.39, 0.29) is 12.4 Å². The number of anilines is 1. The van der Waals surface area contributed by atoms with E-state index in [4.69, 9.17) is 22.1 Å². The van der Waals surface area contributed by atoms with Gasteiger partial charge in [-0.15, -0.1) is 0 Å². The summed E-state index contributed by atoms with van der Waals surface area (Å²) in [6, 6.07) is 3.46. The van der Waals surface area contributed by atoms with Crippen LogP contribution in [0.4, 0.5) is 5.69 Å². The molecule has 0 aliphatic rings. The van der Waals surface area contributed by atoms with Gasteiger partial charge < -0.3 is 10.5 Å². The molecule has 0 atom stereocenters. The first-order valence-corrected chi connectivity index (χ1v) is 5.62. The summed E-state index contributed by atoms with van der Waals surface area (Å²) in [5.74, 6) is 5.23. The molecule has 0 aliphatic carbocycles. The van der Waals surface area contributed by atoms with Crippen molar-refractivity contribution in [2.75, 3.05) is 12.3 Å². The minimum Gasteiger partial charge on any atom is -0.465 e. The van der Waals surface area contributed by atoms with Gasteiger partial charge in [-0.1, -0.05) is 23.4 Å². The lowest BCUT2D eigenvalue weighted by atomic mass is 10.1. The average molecular weight is 252 g/mol. The number of carbonyl (C=O) groups is 1. The normalized spacial score (nSPS) is 9.35. The molecular formula is C13H14ClNO2. The number of rotatable bonds is 2. The molecule has 2 N–H and O–H groups in total. The van der Waals surface area contributed by atoms with Crippen LogP contribution in [0.25, 0.3) is 0 Å². The van der Waals surface area contributed by atoms with E-state index in [0.717, 1.165) is 5.56 Å². The summed E-state index contributed by atoms with van der Waals surface area (Å²) in [7, 11) is 0. The molecule has 4 heteroatoms. The zero-order valence-corrected chi connectivity index (χ0v) is 10.6. The van der Waals surface area contributed by atoms with E-state index in [2.05, 4.69) is 11.8 Å². The van der Waals surface area contributed by atoms with Crippen molar-refractivity contribution in [1.82, 2.24) is 0 Å². The van der Waals surface area contributed by atoms with E-state index in [9.17, 15) is 4.79 Å². The standard InChI is InChI=1S/C13H14ClNO2/c1-3-17-13(16)6-4-5-10-7-9(2)12(15)8-11(10)14/h7-8H,3,6,15H2,1-2H3. The van der Waals surface area contributed by atoms with Crippen molar-refractivity contribution in [2.45, 2.75) is 20.3 Å². The molecular weight excluding hydrogens is 238 g/mol. The van der Waals surface area contributed by atoms with Crippen molar-refractivity contribution >= 4 is 23.3 Å². The van der Waals surface area contributed by atoms with Gasteiger partial charge in [0, 0.05) is 11.3 Å². The van der Waals surface area contributed by atoms with E-state index in [1.807, 2.05) is 6.92 Å². The summed E-state index contributed by atoms with van der Waals surface area (Å²) >= 11 is 5.98. The third-order valence-electron chi connectivity index (χ3n) is 2.12. The highest BCUT2D eigenvalue weighted by molar-refractivity contribution is 6.32. The van der Waals surface area contributed by atoms with Crippen LogP contribution in [0, 0.1) is 18.8 Å². The van der Waals surface area contributed by atoms with Gasteiger partial charge >= 0.3 is 5.97 Å². The number of halogens is 1. The monoisotopic (exact) mass is 251 g/mol. The molecule has 3 nitrogen and oxygen atoms in total. The van der Waals surface area contributed by atoms with Gasteiger partial charge in [-0.2, -0.15) is 0 Å². The lowest BCUT2D eigenvalue weighted by molar-refractivity contribution is -0.141. The van der Waals surface area contributed by atoms with Crippen LogP contribution >= 0.6 is 11.6 Å². The molecule has 0 spiro atoms. The van der Waals surface area contributed by atoms with Crippen molar-refractivity contribution in [3.63, 3.8) is 0 Å². The number of nitrogens with two attached hydrogens (primary N) is 1. The van der Waals surface area contributed by atoms with Gasteiger partial charge in [-0.3, -0.25) is 4.79 Å². The van der Waals surface area contributed by atoms with Crippen LogP contribution in [0.5, 0.6) is 0 Å². The van der Waals surface area contributed by atoms with Gasteiger partial charge in [0.15, 0.2) is 0 Å². The van der Waals surface area contributed by atoms with E-state index in [1.54, 1.807) is 19.1 Å². The Balaban J connectivity index is 2.79. The molecule has 0 bridgehead atoms. The number of benzene rings is 1.